The first kappa shape index (κ1) is 15.8. The topological polar surface area (TPSA) is 76.6 Å². The van der Waals surface area contributed by atoms with Crippen LogP contribution in [0.4, 0.5) is 0 Å². The summed E-state index contributed by atoms with van der Waals surface area (Å²) in [5.41, 5.74) is 3.42. The van der Waals surface area contributed by atoms with Crippen LogP contribution in [0.15, 0.2) is 61.1 Å². The van der Waals surface area contributed by atoms with Gasteiger partial charge < -0.3 is 9.30 Å². The molecule has 2 heterocycles. The molecule has 0 saturated heterocycles. The third-order valence-corrected chi connectivity index (χ3v) is 4.07. The third-order valence-electron chi connectivity index (χ3n) is 4.07. The number of aryl methyl sites for hydroxylation is 1. The number of hydrogen-bond donors (Lipinski definition) is 0. The lowest BCUT2D eigenvalue weighted by atomic mass is 10.2. The maximum absolute atomic E-state index is 9.09. The smallest absolute Gasteiger partial charge is 0.237 e. The molecule has 0 aliphatic heterocycles. The van der Waals surface area contributed by atoms with Crippen molar-refractivity contribution >= 4 is 11.0 Å². The van der Waals surface area contributed by atoms with Crippen LogP contribution in [0.1, 0.15) is 12.5 Å². The van der Waals surface area contributed by atoms with Crippen molar-refractivity contribution in [3.05, 3.63) is 66.6 Å². The highest BCUT2D eigenvalue weighted by molar-refractivity contribution is 5.82. The molecule has 4 aromatic rings. The number of rotatable bonds is 4. The summed E-state index contributed by atoms with van der Waals surface area (Å²) in [4.78, 5) is 12.8. The maximum atomic E-state index is 9.09. The van der Waals surface area contributed by atoms with E-state index in [0.29, 0.717) is 17.2 Å². The van der Waals surface area contributed by atoms with Crippen LogP contribution in [0.5, 0.6) is 11.6 Å². The van der Waals surface area contributed by atoms with Crippen molar-refractivity contribution in [1.29, 1.82) is 5.26 Å². The molecule has 2 aromatic heterocycles. The van der Waals surface area contributed by atoms with Crippen LogP contribution in [0, 0.1) is 11.3 Å². The van der Waals surface area contributed by atoms with Crippen molar-refractivity contribution in [1.82, 2.24) is 19.5 Å². The van der Waals surface area contributed by atoms with Gasteiger partial charge in [0.25, 0.3) is 0 Å². The number of imidazole rings is 1. The van der Waals surface area contributed by atoms with Gasteiger partial charge in [-0.1, -0.05) is 0 Å². The quantitative estimate of drug-likeness (QED) is 0.556. The molecule has 4 rings (SSSR count). The lowest BCUT2D eigenvalue weighted by Crippen LogP contribution is -1.97. The van der Waals surface area contributed by atoms with Crippen LogP contribution < -0.4 is 4.74 Å². The average Bonchev–Trinajstić information content (AvgIpc) is 3.07. The van der Waals surface area contributed by atoms with Crippen molar-refractivity contribution in [2.45, 2.75) is 13.5 Å². The van der Waals surface area contributed by atoms with E-state index in [2.05, 4.69) is 27.5 Å². The van der Waals surface area contributed by atoms with Gasteiger partial charge in [-0.3, -0.25) is 4.98 Å². The Labute approximate surface area is 150 Å². The minimum absolute atomic E-state index is 0.449. The Bertz CT molecular complexity index is 1090. The van der Waals surface area contributed by atoms with Gasteiger partial charge in [-0.15, -0.1) is 0 Å². The first-order valence-electron chi connectivity index (χ1n) is 8.23. The maximum Gasteiger partial charge on any atom is 0.237 e. The summed E-state index contributed by atoms with van der Waals surface area (Å²) < 4.78 is 7.81. The summed E-state index contributed by atoms with van der Waals surface area (Å²) in [6, 6.07) is 15.4. The molecule has 0 amide bonds. The summed E-state index contributed by atoms with van der Waals surface area (Å²) in [5, 5.41) is 9.09. The fourth-order valence-corrected chi connectivity index (χ4v) is 2.87. The molecule has 0 aliphatic carbocycles. The van der Waals surface area contributed by atoms with Crippen LogP contribution in [-0.4, -0.2) is 19.5 Å². The SMILES string of the molecule is CCn1c(-c2ccc(Oc3cnccn3)cc2)nc2cc(C#N)ccc21. The van der Waals surface area contributed by atoms with E-state index >= 15 is 0 Å². The fraction of sp³-hybridized carbons (Fsp3) is 0.100. The molecule has 2 aromatic carbocycles. The highest BCUT2D eigenvalue weighted by Gasteiger charge is 2.12. The van der Waals surface area contributed by atoms with Gasteiger partial charge in [0, 0.05) is 24.5 Å². The summed E-state index contributed by atoms with van der Waals surface area (Å²) in [6.07, 6.45) is 4.75. The molecule has 0 N–H and O–H groups in total. The van der Waals surface area contributed by atoms with Crippen molar-refractivity contribution in [3.63, 3.8) is 0 Å². The molecule has 0 bridgehead atoms. The van der Waals surface area contributed by atoms with E-state index in [-0.39, 0.29) is 0 Å². The molecular weight excluding hydrogens is 326 g/mol. The normalized spacial score (nSPS) is 10.6. The van der Waals surface area contributed by atoms with Gasteiger partial charge in [0.15, 0.2) is 0 Å². The Morgan fingerprint density at radius 2 is 1.96 bits per heavy atom. The minimum atomic E-state index is 0.449. The Morgan fingerprint density at radius 3 is 2.65 bits per heavy atom. The summed E-state index contributed by atoms with van der Waals surface area (Å²) in [7, 11) is 0. The standard InChI is InChI=1S/C20H15N5O/c1-2-25-18-8-3-14(12-21)11-17(18)24-20(25)15-4-6-16(7-5-15)26-19-13-22-9-10-23-19/h3-11,13H,2H2,1H3. The zero-order valence-corrected chi connectivity index (χ0v) is 14.1. The molecule has 0 unspecified atom stereocenters. The number of benzene rings is 2. The second-order valence-corrected chi connectivity index (χ2v) is 5.67. The Morgan fingerprint density at radius 1 is 1.12 bits per heavy atom. The first-order valence-corrected chi connectivity index (χ1v) is 8.23. The van der Waals surface area contributed by atoms with Gasteiger partial charge in [-0.05, 0) is 49.4 Å². The fourth-order valence-electron chi connectivity index (χ4n) is 2.87. The van der Waals surface area contributed by atoms with E-state index in [1.807, 2.05) is 42.5 Å². The van der Waals surface area contributed by atoms with Crippen LogP contribution in [0.3, 0.4) is 0 Å². The Balaban J connectivity index is 1.70. The first-order chi connectivity index (χ1) is 12.8. The zero-order valence-electron chi connectivity index (χ0n) is 14.1. The largest absolute Gasteiger partial charge is 0.438 e. The molecule has 0 spiro atoms. The van der Waals surface area contributed by atoms with Gasteiger partial charge in [0.2, 0.25) is 5.88 Å². The van der Waals surface area contributed by atoms with Crippen molar-refractivity contribution in [3.8, 4) is 29.1 Å². The minimum Gasteiger partial charge on any atom is -0.438 e. The van der Waals surface area contributed by atoms with Crippen LogP contribution in [-0.2, 0) is 6.54 Å². The van der Waals surface area contributed by atoms with Gasteiger partial charge in [0.1, 0.15) is 11.6 Å². The third kappa shape index (κ3) is 2.87. The van der Waals surface area contributed by atoms with E-state index in [9.17, 15) is 0 Å². The Kier molecular flexibility index (Phi) is 4.04. The molecule has 26 heavy (non-hydrogen) atoms. The van der Waals surface area contributed by atoms with Gasteiger partial charge in [-0.2, -0.15) is 5.26 Å². The van der Waals surface area contributed by atoms with E-state index in [1.165, 1.54) is 0 Å². The monoisotopic (exact) mass is 341 g/mol. The van der Waals surface area contributed by atoms with Gasteiger partial charge in [0.05, 0.1) is 28.9 Å². The molecule has 0 saturated carbocycles. The van der Waals surface area contributed by atoms with E-state index in [4.69, 9.17) is 15.0 Å². The zero-order chi connectivity index (χ0) is 17.9. The number of hydrogen-bond acceptors (Lipinski definition) is 5. The summed E-state index contributed by atoms with van der Waals surface area (Å²) in [6.45, 7) is 2.87. The molecule has 0 radical (unpaired) electrons. The van der Waals surface area contributed by atoms with Crippen molar-refractivity contribution < 1.29 is 4.74 Å². The molecule has 0 fully saturated rings. The second kappa shape index (κ2) is 6.65. The van der Waals surface area contributed by atoms with Crippen LogP contribution >= 0.6 is 0 Å². The summed E-state index contributed by atoms with van der Waals surface area (Å²) in [5.74, 6) is 1.99. The molecular formula is C20H15N5O. The predicted molar refractivity (Wildman–Crippen MR) is 97.7 cm³/mol. The van der Waals surface area contributed by atoms with E-state index < -0.39 is 0 Å². The highest BCUT2D eigenvalue weighted by atomic mass is 16.5. The highest BCUT2D eigenvalue weighted by Crippen LogP contribution is 2.28. The predicted octanol–water partition coefficient (Wildman–Crippen LogP) is 4.18. The van der Waals surface area contributed by atoms with Crippen LogP contribution in [0.2, 0.25) is 0 Å². The molecule has 6 nitrogen and oxygen atoms in total. The lowest BCUT2D eigenvalue weighted by molar-refractivity contribution is 0.460. The molecule has 126 valence electrons. The second-order valence-electron chi connectivity index (χ2n) is 5.67. The number of nitriles is 1. The average molecular weight is 341 g/mol. The number of aromatic nitrogens is 4. The van der Waals surface area contributed by atoms with Gasteiger partial charge >= 0.3 is 0 Å². The lowest BCUT2D eigenvalue weighted by Gasteiger charge is -2.08. The molecule has 0 aliphatic rings. The van der Waals surface area contributed by atoms with E-state index in [0.717, 1.165) is 29.0 Å². The summed E-state index contributed by atoms with van der Waals surface area (Å²) >= 11 is 0. The molecule has 0 atom stereocenters. The molecule has 6 heteroatoms. The van der Waals surface area contributed by atoms with E-state index in [1.54, 1.807) is 18.6 Å². The number of ether oxygens (including phenoxy) is 1. The number of nitrogens with zero attached hydrogens (tertiary/aromatic N) is 5. The van der Waals surface area contributed by atoms with Crippen LogP contribution in [0.25, 0.3) is 22.4 Å². The number of fused-ring (bicyclic) bond motifs is 1. The Hall–Kier alpha value is -3.72. The van der Waals surface area contributed by atoms with Crippen molar-refractivity contribution in [2.75, 3.05) is 0 Å². The van der Waals surface area contributed by atoms with Crippen molar-refractivity contribution in [2.24, 2.45) is 0 Å². The van der Waals surface area contributed by atoms with Gasteiger partial charge in [-0.25, -0.2) is 9.97 Å².